The van der Waals surface area contributed by atoms with Crippen molar-refractivity contribution in [1.29, 1.82) is 0 Å². The van der Waals surface area contributed by atoms with Crippen LogP contribution in [0.15, 0.2) is 0 Å². The minimum atomic E-state index is 0. The van der Waals surface area contributed by atoms with E-state index >= 15 is 0 Å². The molecule has 0 radical (unpaired) electrons. The minimum Gasteiger partial charge on any atom is -0.550 e. The molecule has 0 aromatic rings. The van der Waals surface area contributed by atoms with Crippen molar-refractivity contribution in [1.82, 2.24) is 0 Å². The maximum absolute atomic E-state index is 5.71. The molecule has 0 fully saturated rings. The van der Waals surface area contributed by atoms with Crippen molar-refractivity contribution in [2.24, 2.45) is 0 Å². The topological polar surface area (TPSA) is 99.1 Å². The molecule has 0 heterocycles. The molecule has 6 nitrogen and oxygen atoms in total. The van der Waals surface area contributed by atoms with Gasteiger partial charge in [0.2, 0.25) is 0 Å². The molecule has 0 aliphatic heterocycles. The van der Waals surface area contributed by atoms with E-state index in [0.29, 0.717) is 0 Å². The van der Waals surface area contributed by atoms with Crippen LogP contribution in [0.25, 0.3) is 17.7 Å². The van der Waals surface area contributed by atoms with Gasteiger partial charge < -0.3 is 32.2 Å². The first kappa shape index (κ1) is 22.4. The monoisotopic (exact) mass is 165 g/mol. The molecule has 0 amide bonds. The Hall–Kier alpha value is 0.292. The summed E-state index contributed by atoms with van der Waals surface area (Å²) in [5.74, 6) is 17.1. The van der Waals surface area contributed by atoms with Gasteiger partial charge in [0, 0.05) is 21.3 Å². The second kappa shape index (κ2) is 58.9. The standard InChI is InChI=1S/3CH4NO.Al/c3*1-3-2;/h3*2H,1H3;/q3*-1;+3. The zero-order valence-corrected chi connectivity index (χ0v) is 7.46. The van der Waals surface area contributed by atoms with Crippen LogP contribution in [-0.4, -0.2) is 38.7 Å². The van der Waals surface area contributed by atoms with Crippen molar-refractivity contribution in [3.63, 3.8) is 0 Å². The van der Waals surface area contributed by atoms with Gasteiger partial charge in [-0.3, -0.25) is 0 Å². The van der Waals surface area contributed by atoms with Crippen LogP contribution in [0.3, 0.4) is 0 Å². The maximum Gasteiger partial charge on any atom is 3.00 e. The van der Waals surface area contributed by atoms with E-state index in [-0.39, 0.29) is 17.4 Å². The van der Waals surface area contributed by atoms with Gasteiger partial charge in [-0.1, -0.05) is 0 Å². The van der Waals surface area contributed by atoms with Gasteiger partial charge in [0.15, 0.2) is 0 Å². The first-order chi connectivity index (χ1) is 4.24. The summed E-state index contributed by atoms with van der Waals surface area (Å²) in [6.45, 7) is 0. The summed E-state index contributed by atoms with van der Waals surface area (Å²) in [5.41, 5.74) is 0. The molecule has 7 heteroatoms. The van der Waals surface area contributed by atoms with Crippen LogP contribution in [0.4, 0.5) is 0 Å². The van der Waals surface area contributed by atoms with Gasteiger partial charge in [-0.15, -0.1) is 0 Å². The van der Waals surface area contributed by atoms with Crippen LogP contribution in [0.2, 0.25) is 0 Å². The van der Waals surface area contributed by atoms with Gasteiger partial charge in [0.1, 0.15) is 0 Å². The van der Waals surface area contributed by atoms with Crippen molar-refractivity contribution in [2.75, 3.05) is 21.3 Å². The molecule has 10 heavy (non-hydrogen) atoms. The summed E-state index contributed by atoms with van der Waals surface area (Å²) in [6, 6.07) is 0. The molecule has 0 saturated heterocycles. The fraction of sp³-hybridized carbons (Fsp3) is 1.00. The Labute approximate surface area is 71.6 Å². The molecule has 0 rings (SSSR count). The Bertz CT molecular complexity index is 23.7. The summed E-state index contributed by atoms with van der Waals surface area (Å²) in [5, 5.41) is 0. The normalized spacial score (nSPS) is 5.40. The number of rotatable bonds is 0. The molecular formula is C3H12AlN3O3. The molecule has 0 atom stereocenters. The van der Waals surface area contributed by atoms with Crippen LogP contribution in [0.5, 0.6) is 0 Å². The molecular weight excluding hydrogens is 153 g/mol. The minimum absolute atomic E-state index is 0. The molecule has 60 valence electrons. The summed E-state index contributed by atoms with van der Waals surface area (Å²) in [4.78, 5) is 10.5. The van der Waals surface area contributed by atoms with Crippen LogP contribution >= 0.6 is 0 Å². The average Bonchev–Trinajstić information content (AvgIpc) is 1.70. The number of hydrogen-bond acceptors (Lipinski definition) is 3. The van der Waals surface area contributed by atoms with Crippen LogP contribution in [0, 0.1) is 0 Å². The summed E-state index contributed by atoms with van der Waals surface area (Å²) in [6.07, 6.45) is 0. The molecule has 0 aliphatic carbocycles. The van der Waals surface area contributed by atoms with E-state index in [0.717, 1.165) is 0 Å². The molecule has 3 N–H and O–H groups in total. The fourth-order valence-corrected chi connectivity index (χ4v) is 0. The Kier molecular flexibility index (Phi) is 132. The Balaban J connectivity index is -0.0000000257. The Morgan fingerprint density at radius 2 is 0.700 bits per heavy atom. The van der Waals surface area contributed by atoms with Gasteiger partial charge in [-0.25, -0.2) is 0 Å². The zero-order chi connectivity index (χ0) is 8.12. The predicted octanol–water partition coefficient (Wildman–Crippen LogP) is 1.42. The molecule has 0 spiro atoms. The van der Waals surface area contributed by atoms with Crippen LogP contribution < -0.4 is 0 Å². The van der Waals surface area contributed by atoms with Crippen molar-refractivity contribution >= 4 is 17.4 Å². The van der Waals surface area contributed by atoms with Gasteiger partial charge in [0.05, 0.1) is 0 Å². The van der Waals surface area contributed by atoms with E-state index in [2.05, 4.69) is 14.5 Å². The number of hydrogen-bond donors (Lipinski definition) is 0. The maximum atomic E-state index is 5.71. The van der Waals surface area contributed by atoms with E-state index in [1.807, 2.05) is 0 Å². The largest absolute Gasteiger partial charge is 3.00 e. The van der Waals surface area contributed by atoms with E-state index in [1.165, 1.54) is 21.3 Å². The third-order valence-corrected chi connectivity index (χ3v) is 0. The van der Waals surface area contributed by atoms with E-state index in [9.17, 15) is 0 Å². The summed E-state index contributed by atoms with van der Waals surface area (Å²) < 4.78 is 0. The Morgan fingerprint density at radius 1 is 0.700 bits per heavy atom. The van der Waals surface area contributed by atoms with E-state index < -0.39 is 0 Å². The molecule has 0 aromatic heterocycles. The molecule has 0 saturated carbocycles. The fourth-order valence-electron chi connectivity index (χ4n) is 0. The SMILES string of the molecule is CO[NH-].CO[NH-].CO[NH-].[Al+3]. The third-order valence-electron chi connectivity index (χ3n) is 0. The molecule has 0 unspecified atom stereocenters. The van der Waals surface area contributed by atoms with Crippen molar-refractivity contribution < 1.29 is 14.5 Å². The second-order valence-corrected chi connectivity index (χ2v) is 0.612. The summed E-state index contributed by atoms with van der Waals surface area (Å²) in [7, 11) is 3.88. The molecule has 0 bridgehead atoms. The second-order valence-electron chi connectivity index (χ2n) is 0.612. The van der Waals surface area contributed by atoms with Gasteiger partial charge in [-0.2, -0.15) is 0 Å². The predicted molar refractivity (Wildman–Crippen MR) is 39.7 cm³/mol. The first-order valence-corrected chi connectivity index (χ1v) is 1.84. The van der Waals surface area contributed by atoms with Crippen molar-refractivity contribution in [2.45, 2.75) is 0 Å². The van der Waals surface area contributed by atoms with E-state index in [1.54, 1.807) is 0 Å². The Morgan fingerprint density at radius 3 is 0.700 bits per heavy atom. The van der Waals surface area contributed by atoms with Crippen LogP contribution in [-0.2, 0) is 14.5 Å². The van der Waals surface area contributed by atoms with Crippen molar-refractivity contribution in [3.8, 4) is 0 Å². The smallest absolute Gasteiger partial charge is 0.550 e. The molecule has 0 aromatic carbocycles. The van der Waals surface area contributed by atoms with Gasteiger partial charge >= 0.3 is 17.4 Å². The van der Waals surface area contributed by atoms with Gasteiger partial charge in [0.25, 0.3) is 0 Å². The summed E-state index contributed by atoms with van der Waals surface area (Å²) >= 11 is 0. The van der Waals surface area contributed by atoms with Crippen molar-refractivity contribution in [3.05, 3.63) is 17.7 Å². The third kappa shape index (κ3) is 5160. The number of nitrogens with one attached hydrogen (secondary N) is 3. The van der Waals surface area contributed by atoms with Crippen LogP contribution in [0.1, 0.15) is 0 Å². The van der Waals surface area contributed by atoms with Gasteiger partial charge in [-0.05, 0) is 0 Å². The quantitative estimate of drug-likeness (QED) is 0.400. The first-order valence-electron chi connectivity index (χ1n) is 1.84. The zero-order valence-electron chi connectivity index (χ0n) is 6.30. The average molecular weight is 165 g/mol. The molecule has 0 aliphatic rings. The van der Waals surface area contributed by atoms with E-state index in [4.69, 9.17) is 17.7 Å².